The van der Waals surface area contributed by atoms with Gasteiger partial charge >= 0.3 is 0 Å². The van der Waals surface area contributed by atoms with Crippen LogP contribution in [0.4, 0.5) is 0 Å². The molecule has 4 rings (SSSR count). The number of halogens is 1. The van der Waals surface area contributed by atoms with E-state index in [1.54, 1.807) is 66.7 Å². The molecule has 0 saturated carbocycles. The van der Waals surface area contributed by atoms with Crippen LogP contribution in [0.5, 0.6) is 0 Å². The van der Waals surface area contributed by atoms with Gasteiger partial charge in [0, 0.05) is 16.1 Å². The van der Waals surface area contributed by atoms with E-state index in [1.807, 2.05) is 12.1 Å². The highest BCUT2D eigenvalue weighted by Crippen LogP contribution is 2.21. The van der Waals surface area contributed by atoms with E-state index in [0.29, 0.717) is 27.3 Å². The SMILES string of the molecule is O=C(Cn1c(-c2ccc(Cl)cc2)nc2ccccc2c1=O)c1ccccc1. The van der Waals surface area contributed by atoms with Crippen molar-refractivity contribution in [1.29, 1.82) is 0 Å². The maximum absolute atomic E-state index is 13.1. The molecule has 0 fully saturated rings. The number of aromatic nitrogens is 2. The highest BCUT2D eigenvalue weighted by molar-refractivity contribution is 6.30. The average Bonchev–Trinajstić information content (AvgIpc) is 2.71. The number of rotatable bonds is 4. The molecule has 132 valence electrons. The first-order valence-electron chi connectivity index (χ1n) is 8.47. The van der Waals surface area contributed by atoms with E-state index in [9.17, 15) is 9.59 Å². The van der Waals surface area contributed by atoms with Crippen molar-refractivity contribution in [2.45, 2.75) is 6.54 Å². The van der Waals surface area contributed by atoms with E-state index in [2.05, 4.69) is 4.98 Å². The van der Waals surface area contributed by atoms with Gasteiger partial charge in [0.2, 0.25) is 0 Å². The highest BCUT2D eigenvalue weighted by Gasteiger charge is 2.16. The number of hydrogen-bond donors (Lipinski definition) is 0. The van der Waals surface area contributed by atoms with Gasteiger partial charge in [-0.3, -0.25) is 14.2 Å². The Morgan fingerprint density at radius 3 is 2.30 bits per heavy atom. The number of Topliss-reactive ketones (excluding diaryl/α,β-unsaturated/α-hetero) is 1. The van der Waals surface area contributed by atoms with Crippen molar-refractivity contribution in [3.8, 4) is 11.4 Å². The molecule has 0 spiro atoms. The summed E-state index contributed by atoms with van der Waals surface area (Å²) in [6.45, 7) is -0.0847. The number of ketones is 1. The lowest BCUT2D eigenvalue weighted by atomic mass is 10.1. The summed E-state index contributed by atoms with van der Waals surface area (Å²) < 4.78 is 1.43. The van der Waals surface area contributed by atoms with Crippen LogP contribution in [0.2, 0.25) is 5.02 Å². The van der Waals surface area contributed by atoms with Gasteiger partial charge < -0.3 is 0 Å². The highest BCUT2D eigenvalue weighted by atomic mass is 35.5. The molecule has 3 aromatic carbocycles. The largest absolute Gasteiger partial charge is 0.292 e. The van der Waals surface area contributed by atoms with Crippen molar-refractivity contribution in [3.63, 3.8) is 0 Å². The molecule has 27 heavy (non-hydrogen) atoms. The van der Waals surface area contributed by atoms with E-state index in [-0.39, 0.29) is 17.9 Å². The Morgan fingerprint density at radius 2 is 1.56 bits per heavy atom. The maximum Gasteiger partial charge on any atom is 0.262 e. The van der Waals surface area contributed by atoms with Gasteiger partial charge in [-0.15, -0.1) is 0 Å². The molecule has 0 aliphatic rings. The first kappa shape index (κ1) is 17.2. The monoisotopic (exact) mass is 374 g/mol. The Bertz CT molecular complexity index is 1180. The molecule has 0 N–H and O–H groups in total. The number of nitrogens with zero attached hydrogens (tertiary/aromatic N) is 2. The summed E-state index contributed by atoms with van der Waals surface area (Å²) in [7, 11) is 0. The third-order valence-electron chi connectivity index (χ3n) is 4.36. The number of carbonyl (C=O) groups excluding carboxylic acids is 1. The molecule has 4 nitrogen and oxygen atoms in total. The van der Waals surface area contributed by atoms with Crippen LogP contribution >= 0.6 is 11.6 Å². The van der Waals surface area contributed by atoms with Crippen molar-refractivity contribution >= 4 is 28.3 Å². The molecule has 0 saturated heterocycles. The molecule has 0 bridgehead atoms. The van der Waals surface area contributed by atoms with E-state index in [4.69, 9.17) is 11.6 Å². The number of hydrogen-bond acceptors (Lipinski definition) is 3. The van der Waals surface area contributed by atoms with E-state index < -0.39 is 0 Å². The smallest absolute Gasteiger partial charge is 0.262 e. The average molecular weight is 375 g/mol. The summed E-state index contributed by atoms with van der Waals surface area (Å²) in [6.07, 6.45) is 0. The molecule has 0 radical (unpaired) electrons. The number of carbonyl (C=O) groups is 1. The topological polar surface area (TPSA) is 52.0 Å². The van der Waals surface area contributed by atoms with Crippen LogP contribution in [-0.4, -0.2) is 15.3 Å². The fourth-order valence-corrected chi connectivity index (χ4v) is 3.12. The molecule has 1 heterocycles. The van der Waals surface area contributed by atoms with Crippen LogP contribution in [-0.2, 0) is 6.54 Å². The van der Waals surface area contributed by atoms with Crippen molar-refractivity contribution in [3.05, 3.63) is 99.8 Å². The predicted octanol–water partition coefficient (Wildman–Crippen LogP) is 4.60. The normalized spacial score (nSPS) is 10.9. The van der Waals surface area contributed by atoms with Gasteiger partial charge in [-0.1, -0.05) is 54.1 Å². The van der Waals surface area contributed by atoms with Crippen molar-refractivity contribution in [2.75, 3.05) is 0 Å². The van der Waals surface area contributed by atoms with E-state index in [1.165, 1.54) is 4.57 Å². The zero-order valence-corrected chi connectivity index (χ0v) is 15.1. The minimum Gasteiger partial charge on any atom is -0.292 e. The third kappa shape index (κ3) is 3.39. The van der Waals surface area contributed by atoms with Crippen molar-refractivity contribution in [1.82, 2.24) is 9.55 Å². The summed E-state index contributed by atoms with van der Waals surface area (Å²) in [4.78, 5) is 30.5. The second kappa shape index (κ2) is 7.17. The van der Waals surface area contributed by atoms with Crippen LogP contribution in [0.3, 0.4) is 0 Å². The fraction of sp³-hybridized carbons (Fsp3) is 0.0455. The molecular weight excluding hydrogens is 360 g/mol. The maximum atomic E-state index is 13.1. The molecule has 0 amide bonds. The van der Waals surface area contributed by atoms with Gasteiger partial charge in [0.05, 0.1) is 17.4 Å². The summed E-state index contributed by atoms with van der Waals surface area (Å²) in [5.74, 6) is 0.296. The minimum absolute atomic E-state index is 0.0847. The second-order valence-electron chi connectivity index (χ2n) is 6.14. The molecule has 0 atom stereocenters. The standard InChI is InChI=1S/C22H15ClN2O2/c23-17-12-10-16(11-13-17)21-24-19-9-5-4-8-18(19)22(27)25(21)14-20(26)15-6-2-1-3-7-15/h1-13H,14H2. The van der Waals surface area contributed by atoms with Crippen LogP contribution in [0.1, 0.15) is 10.4 Å². The third-order valence-corrected chi connectivity index (χ3v) is 4.61. The van der Waals surface area contributed by atoms with Gasteiger partial charge in [-0.05, 0) is 36.4 Å². The van der Waals surface area contributed by atoms with Gasteiger partial charge in [-0.2, -0.15) is 0 Å². The number of para-hydroxylation sites is 1. The molecule has 5 heteroatoms. The lowest BCUT2D eigenvalue weighted by molar-refractivity contribution is 0.0971. The van der Waals surface area contributed by atoms with E-state index in [0.717, 1.165) is 5.56 Å². The molecule has 0 aliphatic heterocycles. The first-order valence-corrected chi connectivity index (χ1v) is 8.85. The Balaban J connectivity index is 1.90. The fourth-order valence-electron chi connectivity index (χ4n) is 2.99. The summed E-state index contributed by atoms with van der Waals surface area (Å²) in [5.41, 5.74) is 1.63. The predicted molar refractivity (Wildman–Crippen MR) is 107 cm³/mol. The Morgan fingerprint density at radius 1 is 0.889 bits per heavy atom. The van der Waals surface area contributed by atoms with Crippen molar-refractivity contribution < 1.29 is 4.79 Å². The zero-order valence-electron chi connectivity index (χ0n) is 14.3. The van der Waals surface area contributed by atoms with Gasteiger partial charge in [0.15, 0.2) is 5.78 Å². The van der Waals surface area contributed by atoms with Crippen LogP contribution in [0, 0.1) is 0 Å². The van der Waals surface area contributed by atoms with Crippen LogP contribution in [0.15, 0.2) is 83.7 Å². The van der Waals surface area contributed by atoms with Crippen LogP contribution in [0.25, 0.3) is 22.3 Å². The molecular formula is C22H15ClN2O2. The molecule has 0 unspecified atom stereocenters. The van der Waals surface area contributed by atoms with Gasteiger partial charge in [0.25, 0.3) is 5.56 Å². The Kier molecular flexibility index (Phi) is 4.57. The van der Waals surface area contributed by atoms with Crippen LogP contribution < -0.4 is 5.56 Å². The van der Waals surface area contributed by atoms with Gasteiger partial charge in [-0.25, -0.2) is 4.98 Å². The van der Waals surface area contributed by atoms with Gasteiger partial charge in [0.1, 0.15) is 5.82 Å². The Labute approximate surface area is 160 Å². The minimum atomic E-state index is -0.241. The quantitative estimate of drug-likeness (QED) is 0.490. The van der Waals surface area contributed by atoms with E-state index >= 15 is 0 Å². The number of benzene rings is 3. The Hall–Kier alpha value is -3.24. The lowest BCUT2D eigenvalue weighted by Crippen LogP contribution is -2.27. The summed E-state index contributed by atoms with van der Waals surface area (Å²) >= 11 is 5.99. The lowest BCUT2D eigenvalue weighted by Gasteiger charge is -2.13. The first-order chi connectivity index (χ1) is 13.1. The molecule has 4 aromatic rings. The number of fused-ring (bicyclic) bond motifs is 1. The molecule has 0 aliphatic carbocycles. The van der Waals surface area contributed by atoms with Crippen molar-refractivity contribution in [2.24, 2.45) is 0 Å². The summed E-state index contributed by atoms with van der Waals surface area (Å²) in [5, 5.41) is 1.07. The molecule has 1 aromatic heterocycles. The second-order valence-corrected chi connectivity index (χ2v) is 6.58. The zero-order chi connectivity index (χ0) is 18.8. The summed E-state index contributed by atoms with van der Waals surface area (Å²) in [6, 6.07) is 23.1.